The van der Waals surface area contributed by atoms with Crippen molar-refractivity contribution in [2.45, 2.75) is 37.6 Å². The van der Waals surface area contributed by atoms with Crippen molar-refractivity contribution < 1.29 is 14.7 Å². The van der Waals surface area contributed by atoms with Crippen LogP contribution in [0.15, 0.2) is 22.7 Å². The molecular formula is C14H17BrN2O3. The molecule has 0 radical (unpaired) electrons. The summed E-state index contributed by atoms with van der Waals surface area (Å²) in [5.74, 6) is -1.14. The van der Waals surface area contributed by atoms with E-state index < -0.39 is 11.5 Å². The number of carboxylic acids is 1. The smallest absolute Gasteiger partial charge is 0.335 e. The number of carbonyl (C=O) groups is 2. The minimum atomic E-state index is -1.00. The molecule has 2 rings (SSSR count). The van der Waals surface area contributed by atoms with Crippen LogP contribution in [-0.4, -0.2) is 22.5 Å². The van der Waals surface area contributed by atoms with E-state index in [1.54, 1.807) is 6.07 Å². The third kappa shape index (κ3) is 3.58. The second-order valence-electron chi connectivity index (χ2n) is 5.29. The van der Waals surface area contributed by atoms with E-state index in [2.05, 4.69) is 21.2 Å². The highest BCUT2D eigenvalue weighted by molar-refractivity contribution is 9.10. The zero-order valence-corrected chi connectivity index (χ0v) is 12.6. The van der Waals surface area contributed by atoms with Crippen molar-refractivity contribution in [1.29, 1.82) is 0 Å². The molecule has 6 heteroatoms. The first-order valence-corrected chi connectivity index (χ1v) is 7.30. The predicted octanol–water partition coefficient (Wildman–Crippen LogP) is 2.75. The number of amides is 1. The van der Waals surface area contributed by atoms with Crippen molar-refractivity contribution in [3.8, 4) is 0 Å². The topological polar surface area (TPSA) is 92.4 Å². The first-order chi connectivity index (χ1) is 9.39. The summed E-state index contributed by atoms with van der Waals surface area (Å²) in [6.07, 6.45) is 4.18. The van der Waals surface area contributed by atoms with Gasteiger partial charge in [0, 0.05) is 16.4 Å². The van der Waals surface area contributed by atoms with E-state index in [0.717, 1.165) is 25.7 Å². The summed E-state index contributed by atoms with van der Waals surface area (Å²) in [5, 5.41) is 11.7. The van der Waals surface area contributed by atoms with Crippen LogP contribution in [0, 0.1) is 0 Å². The van der Waals surface area contributed by atoms with Gasteiger partial charge in [-0.3, -0.25) is 4.79 Å². The summed E-state index contributed by atoms with van der Waals surface area (Å²) in [5.41, 5.74) is 6.50. The average molecular weight is 341 g/mol. The first-order valence-electron chi connectivity index (χ1n) is 6.51. The highest BCUT2D eigenvalue weighted by atomic mass is 79.9. The van der Waals surface area contributed by atoms with Gasteiger partial charge in [0.1, 0.15) is 0 Å². The van der Waals surface area contributed by atoms with Crippen LogP contribution in [0.5, 0.6) is 0 Å². The Labute approximate surface area is 125 Å². The van der Waals surface area contributed by atoms with E-state index in [1.807, 2.05) is 0 Å². The zero-order valence-electron chi connectivity index (χ0n) is 11.0. The molecule has 1 aromatic rings. The van der Waals surface area contributed by atoms with Gasteiger partial charge in [0.05, 0.1) is 11.3 Å². The maximum atomic E-state index is 12.0. The molecule has 0 atom stereocenters. The van der Waals surface area contributed by atoms with Crippen molar-refractivity contribution in [2.24, 2.45) is 5.73 Å². The van der Waals surface area contributed by atoms with Gasteiger partial charge in [-0.05, 0) is 47.0 Å². The van der Waals surface area contributed by atoms with Gasteiger partial charge in [0.15, 0.2) is 0 Å². The molecule has 5 nitrogen and oxygen atoms in total. The molecule has 108 valence electrons. The molecule has 1 aliphatic carbocycles. The van der Waals surface area contributed by atoms with Gasteiger partial charge in [0.25, 0.3) is 0 Å². The number of hydrogen-bond donors (Lipinski definition) is 3. The number of carboxylic acid groups (broad SMARTS) is 1. The molecule has 0 unspecified atom stereocenters. The lowest BCUT2D eigenvalue weighted by molar-refractivity contribution is -0.117. The second-order valence-corrected chi connectivity index (χ2v) is 6.15. The van der Waals surface area contributed by atoms with Crippen LogP contribution in [0.25, 0.3) is 0 Å². The standard InChI is InChI=1S/C14H17BrN2O3/c15-10-7-9(13(19)20)3-4-11(10)17-12(18)8-14(16)5-1-2-6-14/h3-4,7H,1-2,5-6,8,16H2,(H,17,18)(H,19,20). The fourth-order valence-corrected chi connectivity index (χ4v) is 3.00. The monoisotopic (exact) mass is 340 g/mol. The summed E-state index contributed by atoms with van der Waals surface area (Å²) in [6, 6.07) is 4.49. The number of anilines is 1. The summed E-state index contributed by atoms with van der Waals surface area (Å²) >= 11 is 3.26. The maximum absolute atomic E-state index is 12.0. The van der Waals surface area contributed by atoms with Gasteiger partial charge in [-0.2, -0.15) is 0 Å². The van der Waals surface area contributed by atoms with Crippen LogP contribution in [0.1, 0.15) is 42.5 Å². The highest BCUT2D eigenvalue weighted by Gasteiger charge is 2.31. The third-order valence-electron chi connectivity index (χ3n) is 3.60. The summed E-state index contributed by atoms with van der Waals surface area (Å²) in [6.45, 7) is 0. The number of hydrogen-bond acceptors (Lipinski definition) is 3. The van der Waals surface area contributed by atoms with Gasteiger partial charge >= 0.3 is 5.97 Å². The molecule has 1 aromatic carbocycles. The SMILES string of the molecule is NC1(CC(=O)Nc2ccc(C(=O)O)cc2Br)CCCC1. The van der Waals surface area contributed by atoms with Crippen LogP contribution in [0.4, 0.5) is 5.69 Å². The Kier molecular flexibility index (Phi) is 4.45. The molecular weight excluding hydrogens is 324 g/mol. The maximum Gasteiger partial charge on any atom is 0.335 e. The average Bonchev–Trinajstić information content (AvgIpc) is 2.77. The van der Waals surface area contributed by atoms with E-state index in [0.29, 0.717) is 16.6 Å². The summed E-state index contributed by atoms with van der Waals surface area (Å²) in [4.78, 5) is 22.9. The Hall–Kier alpha value is -1.40. The Balaban J connectivity index is 2.02. The zero-order chi connectivity index (χ0) is 14.8. The number of nitrogens with two attached hydrogens (primary N) is 1. The van der Waals surface area contributed by atoms with E-state index >= 15 is 0 Å². The molecule has 0 saturated heterocycles. The fourth-order valence-electron chi connectivity index (χ4n) is 2.52. The van der Waals surface area contributed by atoms with E-state index in [9.17, 15) is 9.59 Å². The lowest BCUT2D eigenvalue weighted by Gasteiger charge is -2.22. The molecule has 4 N–H and O–H groups in total. The Morgan fingerprint density at radius 1 is 1.35 bits per heavy atom. The quantitative estimate of drug-likeness (QED) is 0.785. The van der Waals surface area contributed by atoms with Crippen molar-refractivity contribution in [1.82, 2.24) is 0 Å². The normalized spacial score (nSPS) is 16.9. The van der Waals surface area contributed by atoms with E-state index in [-0.39, 0.29) is 11.5 Å². The first kappa shape index (κ1) is 15.0. The van der Waals surface area contributed by atoms with Gasteiger partial charge in [-0.1, -0.05) is 12.8 Å². The molecule has 1 amide bonds. The molecule has 0 aromatic heterocycles. The third-order valence-corrected chi connectivity index (χ3v) is 4.26. The van der Waals surface area contributed by atoms with Crippen LogP contribution in [-0.2, 0) is 4.79 Å². The Morgan fingerprint density at radius 2 is 2.00 bits per heavy atom. The van der Waals surface area contributed by atoms with Gasteiger partial charge in [0.2, 0.25) is 5.91 Å². The molecule has 1 fully saturated rings. The van der Waals surface area contributed by atoms with Gasteiger partial charge in [-0.25, -0.2) is 4.79 Å². The second kappa shape index (κ2) is 5.93. The molecule has 0 spiro atoms. The molecule has 1 aliphatic rings. The number of carbonyl (C=O) groups excluding carboxylic acids is 1. The summed E-state index contributed by atoms with van der Waals surface area (Å²) in [7, 11) is 0. The fraction of sp³-hybridized carbons (Fsp3) is 0.429. The number of halogens is 1. The number of nitrogens with one attached hydrogen (secondary N) is 1. The minimum Gasteiger partial charge on any atom is -0.478 e. The predicted molar refractivity (Wildman–Crippen MR) is 79.7 cm³/mol. The van der Waals surface area contributed by atoms with Crippen LogP contribution < -0.4 is 11.1 Å². The van der Waals surface area contributed by atoms with E-state index in [4.69, 9.17) is 10.8 Å². The number of benzene rings is 1. The van der Waals surface area contributed by atoms with Gasteiger partial charge < -0.3 is 16.2 Å². The number of aromatic carboxylic acids is 1. The molecule has 20 heavy (non-hydrogen) atoms. The van der Waals surface area contributed by atoms with Crippen molar-refractivity contribution >= 4 is 33.5 Å². The summed E-state index contributed by atoms with van der Waals surface area (Å²) < 4.78 is 0.545. The lowest BCUT2D eigenvalue weighted by atomic mass is 9.94. The van der Waals surface area contributed by atoms with Crippen LogP contribution in [0.2, 0.25) is 0 Å². The molecule has 0 heterocycles. The van der Waals surface area contributed by atoms with Crippen LogP contribution >= 0.6 is 15.9 Å². The van der Waals surface area contributed by atoms with Crippen molar-refractivity contribution in [3.05, 3.63) is 28.2 Å². The van der Waals surface area contributed by atoms with Gasteiger partial charge in [-0.15, -0.1) is 0 Å². The van der Waals surface area contributed by atoms with E-state index in [1.165, 1.54) is 12.1 Å². The van der Waals surface area contributed by atoms with Crippen molar-refractivity contribution in [2.75, 3.05) is 5.32 Å². The molecule has 0 aliphatic heterocycles. The highest BCUT2D eigenvalue weighted by Crippen LogP contribution is 2.31. The molecule has 1 saturated carbocycles. The minimum absolute atomic E-state index is 0.141. The Bertz CT molecular complexity index is 539. The largest absolute Gasteiger partial charge is 0.478 e. The number of rotatable bonds is 4. The molecule has 0 bridgehead atoms. The lowest BCUT2D eigenvalue weighted by Crippen LogP contribution is -2.40. The Morgan fingerprint density at radius 3 is 2.55 bits per heavy atom. The van der Waals surface area contributed by atoms with Crippen LogP contribution in [0.3, 0.4) is 0 Å². The van der Waals surface area contributed by atoms with Crippen molar-refractivity contribution in [3.63, 3.8) is 0 Å².